The minimum absolute atomic E-state index is 0.751. The molecule has 1 rings (SSSR count). The first-order chi connectivity index (χ1) is 9.50. The average Bonchev–Trinajstić information content (AvgIpc) is 2.88. The van der Waals surface area contributed by atoms with E-state index in [1.807, 2.05) is 0 Å². The van der Waals surface area contributed by atoms with Crippen molar-refractivity contribution in [3.8, 4) is 0 Å². The summed E-state index contributed by atoms with van der Waals surface area (Å²) in [5.74, 6) is 1.56. The fourth-order valence-corrected chi connectivity index (χ4v) is 3.43. The van der Waals surface area contributed by atoms with E-state index in [2.05, 4.69) is 44.8 Å². The van der Waals surface area contributed by atoms with Crippen LogP contribution in [-0.4, -0.2) is 36.6 Å². The van der Waals surface area contributed by atoms with Gasteiger partial charge in [-0.2, -0.15) is 0 Å². The molecule has 2 nitrogen and oxygen atoms in total. The Morgan fingerprint density at radius 2 is 1.65 bits per heavy atom. The first kappa shape index (κ1) is 18.0. The highest BCUT2D eigenvalue weighted by atomic mass is 15.2. The summed E-state index contributed by atoms with van der Waals surface area (Å²) in [6, 6.07) is 1.62. The van der Waals surface area contributed by atoms with Gasteiger partial charge in [0.25, 0.3) is 0 Å². The standard InChI is InChI=1S/C18H38N2/c1-15(2)13-19-12-8-9-17(5)20(14-16(3)4)18-10-6-7-11-18/h15-19H,6-14H2,1-5H3. The fourth-order valence-electron chi connectivity index (χ4n) is 3.43. The zero-order valence-electron chi connectivity index (χ0n) is 14.6. The van der Waals surface area contributed by atoms with Crippen LogP contribution in [0.5, 0.6) is 0 Å². The van der Waals surface area contributed by atoms with Crippen molar-refractivity contribution < 1.29 is 0 Å². The molecule has 0 radical (unpaired) electrons. The molecule has 1 fully saturated rings. The molecule has 1 atom stereocenters. The van der Waals surface area contributed by atoms with E-state index in [1.54, 1.807) is 0 Å². The van der Waals surface area contributed by atoms with Crippen LogP contribution in [0, 0.1) is 11.8 Å². The van der Waals surface area contributed by atoms with Crippen LogP contribution in [0.25, 0.3) is 0 Å². The van der Waals surface area contributed by atoms with Crippen molar-refractivity contribution in [1.29, 1.82) is 0 Å². The van der Waals surface area contributed by atoms with Gasteiger partial charge in [0.05, 0.1) is 0 Å². The highest BCUT2D eigenvalue weighted by molar-refractivity contribution is 4.82. The third-order valence-corrected chi connectivity index (χ3v) is 4.46. The van der Waals surface area contributed by atoms with Gasteiger partial charge in [-0.1, -0.05) is 40.5 Å². The number of rotatable bonds is 10. The smallest absolute Gasteiger partial charge is 0.00981 e. The number of nitrogens with one attached hydrogen (secondary N) is 1. The Bertz CT molecular complexity index is 232. The summed E-state index contributed by atoms with van der Waals surface area (Å²) in [4.78, 5) is 2.82. The van der Waals surface area contributed by atoms with E-state index in [0.29, 0.717) is 0 Å². The molecule has 120 valence electrons. The maximum Gasteiger partial charge on any atom is 0.00981 e. The molecular weight excluding hydrogens is 244 g/mol. The van der Waals surface area contributed by atoms with Crippen LogP contribution in [-0.2, 0) is 0 Å². The van der Waals surface area contributed by atoms with Gasteiger partial charge < -0.3 is 5.32 Å². The highest BCUT2D eigenvalue weighted by Crippen LogP contribution is 2.27. The van der Waals surface area contributed by atoms with Gasteiger partial charge in [-0.05, 0) is 57.5 Å². The van der Waals surface area contributed by atoms with Crippen LogP contribution in [0.15, 0.2) is 0 Å². The molecule has 0 amide bonds. The molecule has 0 aromatic heterocycles. The lowest BCUT2D eigenvalue weighted by atomic mass is 10.0. The molecule has 0 bridgehead atoms. The molecule has 1 unspecified atom stereocenters. The Morgan fingerprint density at radius 1 is 1.00 bits per heavy atom. The van der Waals surface area contributed by atoms with Gasteiger partial charge in [-0.3, -0.25) is 4.90 Å². The van der Waals surface area contributed by atoms with Crippen LogP contribution in [0.1, 0.15) is 73.1 Å². The number of hydrogen-bond acceptors (Lipinski definition) is 2. The van der Waals surface area contributed by atoms with Crippen LogP contribution in [0.3, 0.4) is 0 Å². The van der Waals surface area contributed by atoms with Gasteiger partial charge in [-0.15, -0.1) is 0 Å². The van der Waals surface area contributed by atoms with Crippen LogP contribution in [0.2, 0.25) is 0 Å². The Labute approximate surface area is 127 Å². The molecule has 20 heavy (non-hydrogen) atoms. The number of hydrogen-bond donors (Lipinski definition) is 1. The van der Waals surface area contributed by atoms with Gasteiger partial charge in [0, 0.05) is 18.6 Å². The van der Waals surface area contributed by atoms with E-state index in [4.69, 9.17) is 0 Å². The van der Waals surface area contributed by atoms with E-state index in [-0.39, 0.29) is 0 Å². The topological polar surface area (TPSA) is 15.3 Å². The zero-order chi connectivity index (χ0) is 15.0. The van der Waals surface area contributed by atoms with Crippen molar-refractivity contribution in [2.45, 2.75) is 85.2 Å². The molecule has 0 saturated heterocycles. The maximum atomic E-state index is 3.57. The molecular formula is C18H38N2. The molecule has 0 spiro atoms. The van der Waals surface area contributed by atoms with Gasteiger partial charge in [0.1, 0.15) is 0 Å². The predicted molar refractivity (Wildman–Crippen MR) is 90.2 cm³/mol. The summed E-state index contributed by atoms with van der Waals surface area (Å²) < 4.78 is 0. The quantitative estimate of drug-likeness (QED) is 0.601. The van der Waals surface area contributed by atoms with Crippen LogP contribution in [0.4, 0.5) is 0 Å². The monoisotopic (exact) mass is 282 g/mol. The molecule has 1 aliphatic rings. The lowest BCUT2D eigenvalue weighted by molar-refractivity contribution is 0.120. The fraction of sp³-hybridized carbons (Fsp3) is 1.00. The summed E-state index contributed by atoms with van der Waals surface area (Å²) in [5.41, 5.74) is 0. The third kappa shape index (κ3) is 7.08. The SMILES string of the molecule is CC(C)CNCCCC(C)N(CC(C)C)C1CCCC1. The molecule has 2 heteroatoms. The minimum Gasteiger partial charge on any atom is -0.316 e. The number of nitrogens with zero attached hydrogens (tertiary/aromatic N) is 1. The minimum atomic E-state index is 0.751. The second-order valence-corrected chi connectivity index (χ2v) is 7.62. The lowest BCUT2D eigenvalue weighted by Gasteiger charge is -2.36. The van der Waals surface area contributed by atoms with Gasteiger partial charge in [-0.25, -0.2) is 0 Å². The Balaban J connectivity index is 2.29. The zero-order valence-corrected chi connectivity index (χ0v) is 14.6. The summed E-state index contributed by atoms with van der Waals surface area (Å²) in [6.07, 6.45) is 8.42. The lowest BCUT2D eigenvalue weighted by Crippen LogP contribution is -2.43. The van der Waals surface area contributed by atoms with Crippen LogP contribution >= 0.6 is 0 Å². The predicted octanol–water partition coefficient (Wildman–Crippen LogP) is 4.30. The Kier molecular flexibility index (Phi) is 8.79. The van der Waals surface area contributed by atoms with E-state index >= 15 is 0 Å². The van der Waals surface area contributed by atoms with Crippen molar-refractivity contribution in [3.05, 3.63) is 0 Å². The molecule has 1 saturated carbocycles. The highest BCUT2D eigenvalue weighted by Gasteiger charge is 2.26. The first-order valence-electron chi connectivity index (χ1n) is 8.97. The Hall–Kier alpha value is -0.0800. The third-order valence-electron chi connectivity index (χ3n) is 4.46. The summed E-state index contributed by atoms with van der Waals surface area (Å²) in [7, 11) is 0. The van der Waals surface area contributed by atoms with E-state index in [0.717, 1.165) is 30.5 Å². The van der Waals surface area contributed by atoms with Gasteiger partial charge in [0.2, 0.25) is 0 Å². The van der Waals surface area contributed by atoms with Gasteiger partial charge in [0.15, 0.2) is 0 Å². The second kappa shape index (κ2) is 9.78. The van der Waals surface area contributed by atoms with E-state index in [9.17, 15) is 0 Å². The second-order valence-electron chi connectivity index (χ2n) is 7.62. The largest absolute Gasteiger partial charge is 0.316 e. The van der Waals surface area contributed by atoms with Crippen molar-refractivity contribution in [2.75, 3.05) is 19.6 Å². The summed E-state index contributed by atoms with van der Waals surface area (Å²) >= 11 is 0. The molecule has 0 aromatic carbocycles. The molecule has 0 aromatic rings. The Morgan fingerprint density at radius 3 is 2.20 bits per heavy atom. The van der Waals surface area contributed by atoms with Crippen molar-refractivity contribution in [1.82, 2.24) is 10.2 Å². The van der Waals surface area contributed by atoms with E-state index < -0.39 is 0 Å². The summed E-state index contributed by atoms with van der Waals surface area (Å²) in [5, 5.41) is 3.57. The molecule has 1 aliphatic carbocycles. The maximum absolute atomic E-state index is 3.57. The molecule has 1 N–H and O–H groups in total. The molecule has 0 heterocycles. The van der Waals surface area contributed by atoms with Gasteiger partial charge >= 0.3 is 0 Å². The van der Waals surface area contributed by atoms with Crippen molar-refractivity contribution in [3.63, 3.8) is 0 Å². The van der Waals surface area contributed by atoms with E-state index in [1.165, 1.54) is 51.6 Å². The van der Waals surface area contributed by atoms with Crippen molar-refractivity contribution in [2.24, 2.45) is 11.8 Å². The normalized spacial score (nSPS) is 18.6. The average molecular weight is 283 g/mol. The van der Waals surface area contributed by atoms with Crippen molar-refractivity contribution >= 4 is 0 Å². The van der Waals surface area contributed by atoms with Crippen LogP contribution < -0.4 is 5.32 Å². The summed E-state index contributed by atoms with van der Waals surface area (Å²) in [6.45, 7) is 15.3. The molecule has 0 aliphatic heterocycles. The first-order valence-corrected chi connectivity index (χ1v) is 8.97.